The van der Waals surface area contributed by atoms with E-state index in [-0.39, 0.29) is 17.5 Å². The van der Waals surface area contributed by atoms with Crippen molar-refractivity contribution in [2.45, 2.75) is 37.5 Å². The lowest BCUT2D eigenvalue weighted by molar-refractivity contribution is -0.138. The van der Waals surface area contributed by atoms with E-state index in [0.29, 0.717) is 19.3 Å². The SMILES string of the molecule is O=C(c1ccccc1C(F)(F)F)N(C1CC1)C1CCS(=O)(=O)C1. The van der Waals surface area contributed by atoms with E-state index < -0.39 is 39.1 Å². The standard InChI is InChI=1S/C15H16F3NO3S/c16-15(17,18)13-4-2-1-3-12(13)14(20)19(10-5-6-10)11-7-8-23(21,22)9-11/h1-4,10-11H,5-9H2. The molecule has 1 aliphatic carbocycles. The summed E-state index contributed by atoms with van der Waals surface area (Å²) in [6.07, 6.45) is -2.92. The number of carbonyl (C=O) groups is 1. The maximum absolute atomic E-state index is 13.1. The number of halogens is 3. The van der Waals surface area contributed by atoms with Gasteiger partial charge in [-0.3, -0.25) is 4.79 Å². The zero-order chi connectivity index (χ0) is 16.8. The fourth-order valence-corrected chi connectivity index (χ4v) is 4.74. The minimum Gasteiger partial charge on any atom is -0.332 e. The molecule has 0 spiro atoms. The van der Waals surface area contributed by atoms with Crippen LogP contribution in [0.1, 0.15) is 35.2 Å². The highest BCUT2D eigenvalue weighted by atomic mass is 32.2. The van der Waals surface area contributed by atoms with E-state index in [4.69, 9.17) is 0 Å². The Morgan fingerprint density at radius 1 is 1.09 bits per heavy atom. The maximum atomic E-state index is 13.1. The van der Waals surface area contributed by atoms with Crippen molar-refractivity contribution in [3.8, 4) is 0 Å². The number of amides is 1. The molecule has 8 heteroatoms. The molecule has 2 aliphatic rings. The van der Waals surface area contributed by atoms with E-state index in [1.165, 1.54) is 17.0 Å². The highest BCUT2D eigenvalue weighted by molar-refractivity contribution is 7.91. The predicted molar refractivity (Wildman–Crippen MR) is 77.7 cm³/mol. The van der Waals surface area contributed by atoms with Gasteiger partial charge in [0.1, 0.15) is 0 Å². The Kier molecular flexibility index (Phi) is 3.90. The first-order chi connectivity index (χ1) is 10.7. The Balaban J connectivity index is 1.95. The molecular weight excluding hydrogens is 331 g/mol. The van der Waals surface area contributed by atoms with E-state index in [2.05, 4.69) is 0 Å². The molecule has 1 atom stereocenters. The zero-order valence-electron chi connectivity index (χ0n) is 12.2. The van der Waals surface area contributed by atoms with Crippen molar-refractivity contribution in [3.05, 3.63) is 35.4 Å². The average molecular weight is 347 g/mol. The molecule has 0 bridgehead atoms. The smallest absolute Gasteiger partial charge is 0.332 e. The van der Waals surface area contributed by atoms with Crippen LogP contribution in [0.25, 0.3) is 0 Å². The number of hydrogen-bond acceptors (Lipinski definition) is 3. The minimum atomic E-state index is -4.62. The third-order valence-corrected chi connectivity index (χ3v) is 5.99. The molecule has 0 radical (unpaired) electrons. The largest absolute Gasteiger partial charge is 0.417 e. The topological polar surface area (TPSA) is 54.5 Å². The number of sulfone groups is 1. The van der Waals surface area contributed by atoms with Crippen molar-refractivity contribution in [1.29, 1.82) is 0 Å². The third-order valence-electron chi connectivity index (χ3n) is 4.24. The van der Waals surface area contributed by atoms with E-state index in [0.717, 1.165) is 12.1 Å². The Morgan fingerprint density at radius 2 is 1.74 bits per heavy atom. The molecule has 23 heavy (non-hydrogen) atoms. The molecule has 1 saturated carbocycles. The molecule has 1 saturated heterocycles. The van der Waals surface area contributed by atoms with Crippen molar-refractivity contribution in [2.24, 2.45) is 0 Å². The van der Waals surface area contributed by atoms with Gasteiger partial charge in [-0.25, -0.2) is 8.42 Å². The molecular formula is C15H16F3NO3S. The summed E-state index contributed by atoms with van der Waals surface area (Å²) < 4.78 is 62.7. The van der Waals surface area contributed by atoms with E-state index in [9.17, 15) is 26.4 Å². The normalized spacial score (nSPS) is 23.7. The second-order valence-electron chi connectivity index (χ2n) is 6.04. The van der Waals surface area contributed by atoms with Crippen molar-refractivity contribution in [1.82, 2.24) is 4.90 Å². The lowest BCUT2D eigenvalue weighted by atomic mass is 10.0. The Labute approximate surface area is 132 Å². The van der Waals surface area contributed by atoms with Crippen LogP contribution in [0.15, 0.2) is 24.3 Å². The molecule has 0 N–H and O–H groups in total. The van der Waals surface area contributed by atoms with Gasteiger partial charge in [0.05, 0.1) is 22.6 Å². The monoisotopic (exact) mass is 347 g/mol. The summed E-state index contributed by atoms with van der Waals surface area (Å²) >= 11 is 0. The van der Waals surface area contributed by atoms with Gasteiger partial charge in [-0.05, 0) is 31.4 Å². The first kappa shape index (κ1) is 16.3. The molecule has 2 fully saturated rings. The van der Waals surface area contributed by atoms with Crippen LogP contribution in [0.2, 0.25) is 0 Å². The lowest BCUT2D eigenvalue weighted by Gasteiger charge is -2.29. The molecule has 1 unspecified atom stereocenters. The van der Waals surface area contributed by atoms with E-state index >= 15 is 0 Å². The van der Waals surface area contributed by atoms with Gasteiger partial charge in [-0.1, -0.05) is 12.1 Å². The van der Waals surface area contributed by atoms with E-state index in [1.807, 2.05) is 0 Å². The van der Waals surface area contributed by atoms with Gasteiger partial charge in [-0.2, -0.15) is 13.2 Å². The van der Waals surface area contributed by atoms with Gasteiger partial charge < -0.3 is 4.90 Å². The van der Waals surface area contributed by atoms with Crippen LogP contribution in [0.3, 0.4) is 0 Å². The summed E-state index contributed by atoms with van der Waals surface area (Å²) in [6.45, 7) is 0. The van der Waals surface area contributed by atoms with Gasteiger partial charge in [0, 0.05) is 12.1 Å². The van der Waals surface area contributed by atoms with Gasteiger partial charge in [-0.15, -0.1) is 0 Å². The molecule has 4 nitrogen and oxygen atoms in total. The Bertz CT molecular complexity index is 726. The van der Waals surface area contributed by atoms with Gasteiger partial charge in [0.25, 0.3) is 5.91 Å². The van der Waals surface area contributed by atoms with Crippen molar-refractivity contribution < 1.29 is 26.4 Å². The number of benzene rings is 1. The molecule has 1 amide bonds. The van der Waals surface area contributed by atoms with Crippen LogP contribution in [-0.2, 0) is 16.0 Å². The molecule has 1 aromatic rings. The number of rotatable bonds is 3. The number of hydrogen-bond donors (Lipinski definition) is 0. The van der Waals surface area contributed by atoms with Crippen molar-refractivity contribution in [2.75, 3.05) is 11.5 Å². The highest BCUT2D eigenvalue weighted by Crippen LogP contribution is 2.37. The Hall–Kier alpha value is -1.57. The summed E-state index contributed by atoms with van der Waals surface area (Å²) in [5.41, 5.74) is -1.38. The third kappa shape index (κ3) is 3.36. The van der Waals surface area contributed by atoms with Crippen LogP contribution in [0.5, 0.6) is 0 Å². The molecule has 0 aromatic heterocycles. The Morgan fingerprint density at radius 3 is 2.26 bits per heavy atom. The quantitative estimate of drug-likeness (QED) is 0.844. The molecule has 1 heterocycles. The van der Waals surface area contributed by atoms with Crippen molar-refractivity contribution in [3.63, 3.8) is 0 Å². The van der Waals surface area contributed by atoms with Crippen LogP contribution < -0.4 is 0 Å². The fourth-order valence-electron chi connectivity index (χ4n) is 3.03. The zero-order valence-corrected chi connectivity index (χ0v) is 13.0. The van der Waals surface area contributed by atoms with Crippen molar-refractivity contribution >= 4 is 15.7 Å². The summed E-state index contributed by atoms with van der Waals surface area (Å²) in [4.78, 5) is 14.1. The average Bonchev–Trinajstić information content (AvgIpc) is 3.22. The van der Waals surface area contributed by atoms with Gasteiger partial charge in [0.2, 0.25) is 0 Å². The van der Waals surface area contributed by atoms with Gasteiger partial charge in [0.15, 0.2) is 9.84 Å². The lowest BCUT2D eigenvalue weighted by Crippen LogP contribution is -2.43. The first-order valence-corrected chi connectivity index (χ1v) is 9.20. The predicted octanol–water partition coefficient (Wildman–Crippen LogP) is 2.50. The highest BCUT2D eigenvalue weighted by Gasteiger charge is 2.44. The van der Waals surface area contributed by atoms with Crippen LogP contribution >= 0.6 is 0 Å². The molecule has 126 valence electrons. The number of nitrogens with zero attached hydrogens (tertiary/aromatic N) is 1. The van der Waals surface area contributed by atoms with Gasteiger partial charge >= 0.3 is 6.18 Å². The second kappa shape index (κ2) is 5.51. The van der Waals surface area contributed by atoms with Crippen LogP contribution in [-0.4, -0.2) is 42.8 Å². The fraction of sp³-hybridized carbons (Fsp3) is 0.533. The number of alkyl halides is 3. The minimum absolute atomic E-state index is 0.0188. The molecule has 3 rings (SSSR count). The molecule has 1 aromatic carbocycles. The first-order valence-electron chi connectivity index (χ1n) is 7.38. The second-order valence-corrected chi connectivity index (χ2v) is 8.27. The summed E-state index contributed by atoms with van der Waals surface area (Å²) in [6, 6.07) is 3.98. The summed E-state index contributed by atoms with van der Waals surface area (Å²) in [5.74, 6) is -0.902. The summed E-state index contributed by atoms with van der Waals surface area (Å²) in [7, 11) is -3.22. The maximum Gasteiger partial charge on any atom is 0.417 e. The molecule has 1 aliphatic heterocycles. The van der Waals surface area contributed by atoms with Crippen LogP contribution in [0.4, 0.5) is 13.2 Å². The van der Waals surface area contributed by atoms with Crippen LogP contribution in [0, 0.1) is 0 Å². The number of carbonyl (C=O) groups excluding carboxylic acids is 1. The summed E-state index contributed by atoms with van der Waals surface area (Å²) in [5, 5.41) is 0. The van der Waals surface area contributed by atoms with E-state index in [1.54, 1.807) is 0 Å².